The molecule has 0 N–H and O–H groups in total. The molecule has 0 aliphatic carbocycles. The van der Waals surface area contributed by atoms with Crippen LogP contribution in [0, 0.1) is 25.2 Å². The number of nitriles is 1. The van der Waals surface area contributed by atoms with Crippen LogP contribution in [0.4, 0.5) is 0 Å². The second kappa shape index (κ2) is 5.40. The molecular formula is C15H14N2O2. The highest BCUT2D eigenvalue weighted by Crippen LogP contribution is 2.19. The van der Waals surface area contributed by atoms with Gasteiger partial charge in [-0.15, -0.1) is 0 Å². The van der Waals surface area contributed by atoms with Gasteiger partial charge in [0.1, 0.15) is 11.8 Å². The first-order valence-corrected chi connectivity index (χ1v) is 5.92. The highest BCUT2D eigenvalue weighted by atomic mass is 16.5. The van der Waals surface area contributed by atoms with Crippen LogP contribution in [-0.4, -0.2) is 11.2 Å². The minimum absolute atomic E-state index is 0.00290. The standard InChI is InChI=1S/C15H14N2O2/c1-11-8-14(18)9-12(2)17(11)13-4-3-5-15(10-13)19-7-6-16/h3-5,8-10H,7H2,1-2H3. The summed E-state index contributed by atoms with van der Waals surface area (Å²) in [6, 6.07) is 12.6. The fourth-order valence-electron chi connectivity index (χ4n) is 2.10. The van der Waals surface area contributed by atoms with Crippen LogP contribution in [0.15, 0.2) is 41.2 Å². The zero-order valence-electron chi connectivity index (χ0n) is 10.9. The molecule has 0 saturated carbocycles. The van der Waals surface area contributed by atoms with Crippen molar-refractivity contribution in [2.45, 2.75) is 13.8 Å². The molecule has 19 heavy (non-hydrogen) atoms. The van der Waals surface area contributed by atoms with E-state index in [1.165, 1.54) is 0 Å². The lowest BCUT2D eigenvalue weighted by atomic mass is 10.2. The molecule has 0 spiro atoms. The van der Waals surface area contributed by atoms with E-state index in [9.17, 15) is 4.79 Å². The number of aryl methyl sites for hydroxylation is 2. The second-order valence-electron chi connectivity index (χ2n) is 4.25. The van der Waals surface area contributed by atoms with Crippen LogP contribution < -0.4 is 10.2 Å². The average Bonchev–Trinajstić information content (AvgIpc) is 2.35. The maximum Gasteiger partial charge on any atom is 0.182 e. The molecule has 2 rings (SSSR count). The fraction of sp³-hybridized carbons (Fsp3) is 0.200. The number of rotatable bonds is 3. The third-order valence-electron chi connectivity index (χ3n) is 2.79. The minimum atomic E-state index is 0.00290. The summed E-state index contributed by atoms with van der Waals surface area (Å²) in [7, 11) is 0. The summed E-state index contributed by atoms with van der Waals surface area (Å²) in [5.41, 5.74) is 2.64. The van der Waals surface area contributed by atoms with E-state index < -0.39 is 0 Å². The van der Waals surface area contributed by atoms with Crippen molar-refractivity contribution in [2.24, 2.45) is 0 Å². The maximum absolute atomic E-state index is 11.4. The van der Waals surface area contributed by atoms with E-state index in [0.29, 0.717) is 5.75 Å². The lowest BCUT2D eigenvalue weighted by Crippen LogP contribution is -2.11. The molecule has 1 aromatic heterocycles. The summed E-state index contributed by atoms with van der Waals surface area (Å²) in [5, 5.41) is 8.52. The molecule has 4 nitrogen and oxygen atoms in total. The quantitative estimate of drug-likeness (QED) is 0.844. The zero-order chi connectivity index (χ0) is 13.8. The number of hydrogen-bond donors (Lipinski definition) is 0. The summed E-state index contributed by atoms with van der Waals surface area (Å²) >= 11 is 0. The number of nitrogens with zero attached hydrogens (tertiary/aromatic N) is 2. The Bertz CT molecular complexity index is 670. The number of ether oxygens (including phenoxy) is 1. The van der Waals surface area contributed by atoms with E-state index >= 15 is 0 Å². The lowest BCUT2D eigenvalue weighted by molar-refractivity contribution is 0.368. The monoisotopic (exact) mass is 254 g/mol. The summed E-state index contributed by atoms with van der Waals surface area (Å²) in [4.78, 5) is 11.4. The highest BCUT2D eigenvalue weighted by Gasteiger charge is 2.05. The van der Waals surface area contributed by atoms with Crippen LogP contribution >= 0.6 is 0 Å². The van der Waals surface area contributed by atoms with Crippen LogP contribution in [0.1, 0.15) is 11.4 Å². The molecule has 0 bridgehead atoms. The predicted octanol–water partition coefficient (Wildman–Crippen LogP) is 2.36. The van der Waals surface area contributed by atoms with Crippen LogP contribution in [-0.2, 0) is 0 Å². The van der Waals surface area contributed by atoms with E-state index in [4.69, 9.17) is 10.00 Å². The first kappa shape index (κ1) is 12.9. The van der Waals surface area contributed by atoms with E-state index in [-0.39, 0.29) is 12.0 Å². The van der Waals surface area contributed by atoms with Crippen LogP contribution in [0.2, 0.25) is 0 Å². The van der Waals surface area contributed by atoms with Gasteiger partial charge in [0.05, 0.1) is 0 Å². The van der Waals surface area contributed by atoms with Crippen molar-refractivity contribution in [1.29, 1.82) is 5.26 Å². The number of aromatic nitrogens is 1. The van der Waals surface area contributed by atoms with Gasteiger partial charge in [0.25, 0.3) is 0 Å². The smallest absolute Gasteiger partial charge is 0.182 e. The number of benzene rings is 1. The van der Waals surface area contributed by atoms with Crippen molar-refractivity contribution in [3.8, 4) is 17.5 Å². The first-order chi connectivity index (χ1) is 9.11. The molecule has 0 aliphatic heterocycles. The SMILES string of the molecule is Cc1cc(=O)cc(C)n1-c1cccc(OCC#N)c1. The molecular weight excluding hydrogens is 240 g/mol. The summed E-state index contributed by atoms with van der Waals surface area (Å²) < 4.78 is 7.26. The Morgan fingerprint density at radius 3 is 2.53 bits per heavy atom. The van der Waals surface area contributed by atoms with Crippen molar-refractivity contribution in [2.75, 3.05) is 6.61 Å². The third-order valence-corrected chi connectivity index (χ3v) is 2.79. The van der Waals surface area contributed by atoms with Gasteiger partial charge >= 0.3 is 0 Å². The molecule has 0 saturated heterocycles. The highest BCUT2D eigenvalue weighted by molar-refractivity contribution is 5.42. The van der Waals surface area contributed by atoms with Crippen LogP contribution in [0.25, 0.3) is 5.69 Å². The Labute approximate surface area is 111 Å². The molecule has 0 atom stereocenters. The number of pyridine rings is 1. The van der Waals surface area contributed by atoms with E-state index in [1.807, 2.05) is 42.7 Å². The average molecular weight is 254 g/mol. The Hall–Kier alpha value is -2.54. The van der Waals surface area contributed by atoms with Crippen molar-refractivity contribution in [3.63, 3.8) is 0 Å². The molecule has 2 aromatic rings. The lowest BCUT2D eigenvalue weighted by Gasteiger charge is -2.15. The van der Waals surface area contributed by atoms with Gasteiger partial charge in [-0.2, -0.15) is 5.26 Å². The largest absolute Gasteiger partial charge is 0.479 e. The van der Waals surface area contributed by atoms with Gasteiger partial charge in [0.2, 0.25) is 0 Å². The summed E-state index contributed by atoms with van der Waals surface area (Å²) in [6.07, 6.45) is 0. The first-order valence-electron chi connectivity index (χ1n) is 5.92. The van der Waals surface area contributed by atoms with E-state index in [2.05, 4.69) is 0 Å². The summed E-state index contributed by atoms with van der Waals surface area (Å²) in [6.45, 7) is 3.79. The third kappa shape index (κ3) is 2.83. The minimum Gasteiger partial charge on any atom is -0.479 e. The van der Waals surface area contributed by atoms with Gasteiger partial charge in [0, 0.05) is 35.3 Å². The molecule has 96 valence electrons. The zero-order valence-corrected chi connectivity index (χ0v) is 10.9. The molecule has 0 radical (unpaired) electrons. The molecule has 0 unspecified atom stereocenters. The van der Waals surface area contributed by atoms with Gasteiger partial charge < -0.3 is 9.30 Å². The molecule has 4 heteroatoms. The van der Waals surface area contributed by atoms with Gasteiger partial charge in [-0.25, -0.2) is 0 Å². The second-order valence-corrected chi connectivity index (χ2v) is 4.25. The Morgan fingerprint density at radius 1 is 1.21 bits per heavy atom. The predicted molar refractivity (Wildman–Crippen MR) is 72.6 cm³/mol. The van der Waals surface area contributed by atoms with Gasteiger partial charge in [-0.1, -0.05) is 6.07 Å². The Morgan fingerprint density at radius 2 is 1.89 bits per heavy atom. The molecule has 0 aliphatic rings. The maximum atomic E-state index is 11.4. The van der Waals surface area contributed by atoms with Crippen molar-refractivity contribution >= 4 is 0 Å². The van der Waals surface area contributed by atoms with Crippen LogP contribution in [0.3, 0.4) is 0 Å². The molecule has 1 heterocycles. The van der Waals surface area contributed by atoms with Gasteiger partial charge in [-0.05, 0) is 26.0 Å². The van der Waals surface area contributed by atoms with Crippen molar-refractivity contribution < 1.29 is 4.74 Å². The number of hydrogen-bond acceptors (Lipinski definition) is 3. The summed E-state index contributed by atoms with van der Waals surface area (Å²) in [5.74, 6) is 0.636. The van der Waals surface area contributed by atoms with E-state index in [1.54, 1.807) is 18.2 Å². The van der Waals surface area contributed by atoms with Crippen molar-refractivity contribution in [3.05, 3.63) is 58.0 Å². The normalized spacial score (nSPS) is 9.95. The Kier molecular flexibility index (Phi) is 3.67. The van der Waals surface area contributed by atoms with Crippen molar-refractivity contribution in [1.82, 2.24) is 4.57 Å². The van der Waals surface area contributed by atoms with Gasteiger partial charge in [0.15, 0.2) is 12.0 Å². The van der Waals surface area contributed by atoms with Crippen LogP contribution in [0.5, 0.6) is 5.75 Å². The van der Waals surface area contributed by atoms with Gasteiger partial charge in [-0.3, -0.25) is 4.79 Å². The van der Waals surface area contributed by atoms with E-state index in [0.717, 1.165) is 17.1 Å². The molecule has 0 fully saturated rings. The Balaban J connectivity index is 2.48. The topological polar surface area (TPSA) is 55.0 Å². The molecule has 0 amide bonds. The molecule has 1 aromatic carbocycles. The fourth-order valence-corrected chi connectivity index (χ4v) is 2.10.